The van der Waals surface area contributed by atoms with Crippen LogP contribution in [0.4, 0.5) is 5.69 Å². The zero-order chi connectivity index (χ0) is 23.1. The number of nitrogens with zero attached hydrogens (tertiary/aromatic N) is 2. The Labute approximate surface area is 199 Å². The van der Waals surface area contributed by atoms with Gasteiger partial charge in [-0.1, -0.05) is 23.7 Å². The van der Waals surface area contributed by atoms with Crippen LogP contribution in [0, 0.1) is 18.3 Å². The number of anilines is 1. The molecule has 0 spiro atoms. The molecular formula is C23H21BrClN3O4. The summed E-state index contributed by atoms with van der Waals surface area (Å²) in [4.78, 5) is 26.5. The Balaban J connectivity index is 1.66. The van der Waals surface area contributed by atoms with Gasteiger partial charge in [0.15, 0.2) is 6.61 Å². The normalized spacial score (nSPS) is 13.9. The molecule has 166 valence electrons. The number of carbonyl (C=O) groups excluding carboxylic acids is 2. The fourth-order valence-electron chi connectivity index (χ4n) is 3.00. The number of carbonyl (C=O) groups is 2. The molecular weight excluding hydrogens is 498 g/mol. The maximum absolute atomic E-state index is 12.6. The van der Waals surface area contributed by atoms with Crippen molar-refractivity contribution in [3.8, 4) is 11.8 Å². The summed E-state index contributed by atoms with van der Waals surface area (Å²) in [6.07, 6.45) is 1.47. The summed E-state index contributed by atoms with van der Waals surface area (Å²) < 4.78 is 11.5. The van der Waals surface area contributed by atoms with E-state index in [2.05, 4.69) is 21.2 Å². The Morgan fingerprint density at radius 2 is 2.03 bits per heavy atom. The molecule has 3 rings (SSSR count). The number of aryl methyl sites for hydroxylation is 1. The van der Waals surface area contributed by atoms with Crippen LogP contribution < -0.4 is 10.1 Å². The van der Waals surface area contributed by atoms with Gasteiger partial charge in [-0.05, 0) is 64.3 Å². The lowest BCUT2D eigenvalue weighted by Gasteiger charge is -2.26. The van der Waals surface area contributed by atoms with Crippen LogP contribution in [0.2, 0.25) is 5.02 Å². The highest BCUT2D eigenvalue weighted by atomic mass is 79.9. The van der Waals surface area contributed by atoms with Crippen LogP contribution in [0.25, 0.3) is 6.08 Å². The molecule has 1 N–H and O–H groups in total. The minimum atomic E-state index is -0.537. The second-order valence-electron chi connectivity index (χ2n) is 7.05. The SMILES string of the molecule is Cc1ccc(Cl)cc1NC(=O)/C(C#N)=C\c1ccc(OCC(=O)N2CCOCC2)c(Br)c1. The summed E-state index contributed by atoms with van der Waals surface area (Å²) in [5, 5.41) is 12.7. The Bertz CT molecular complexity index is 1090. The van der Waals surface area contributed by atoms with E-state index in [1.165, 1.54) is 6.08 Å². The Kier molecular flexibility index (Phi) is 8.28. The van der Waals surface area contributed by atoms with Crippen LogP contribution >= 0.6 is 27.5 Å². The van der Waals surface area contributed by atoms with Crippen molar-refractivity contribution in [2.45, 2.75) is 6.92 Å². The first-order chi connectivity index (χ1) is 15.4. The number of morpholine rings is 1. The van der Waals surface area contributed by atoms with Crippen LogP contribution in [0.5, 0.6) is 5.75 Å². The highest BCUT2D eigenvalue weighted by Crippen LogP contribution is 2.27. The Morgan fingerprint density at radius 3 is 2.72 bits per heavy atom. The van der Waals surface area contributed by atoms with Gasteiger partial charge in [-0.2, -0.15) is 5.26 Å². The first-order valence-electron chi connectivity index (χ1n) is 9.84. The van der Waals surface area contributed by atoms with Crippen molar-refractivity contribution in [1.82, 2.24) is 4.90 Å². The van der Waals surface area contributed by atoms with Gasteiger partial charge in [-0.3, -0.25) is 9.59 Å². The zero-order valence-corrected chi connectivity index (χ0v) is 19.7. The second kappa shape index (κ2) is 11.1. The number of rotatable bonds is 6. The standard InChI is InChI=1S/C23H21BrClN3O4/c1-15-2-4-18(25)12-20(15)27-23(30)17(13-26)10-16-3-5-21(19(24)11-16)32-14-22(29)28-6-8-31-9-7-28/h2-5,10-12H,6-9,14H2,1H3,(H,27,30)/b17-10-. The van der Waals surface area contributed by atoms with Crippen molar-refractivity contribution in [3.63, 3.8) is 0 Å². The van der Waals surface area contributed by atoms with E-state index in [0.717, 1.165) is 5.56 Å². The largest absolute Gasteiger partial charge is 0.483 e. The number of ether oxygens (including phenoxy) is 2. The van der Waals surface area contributed by atoms with E-state index in [1.807, 2.05) is 13.0 Å². The Hall–Kier alpha value is -2.86. The molecule has 0 bridgehead atoms. The van der Waals surface area contributed by atoms with Crippen molar-refractivity contribution < 1.29 is 19.1 Å². The third-order valence-corrected chi connectivity index (χ3v) is 5.65. The van der Waals surface area contributed by atoms with E-state index < -0.39 is 5.91 Å². The third kappa shape index (κ3) is 6.33. The predicted molar refractivity (Wildman–Crippen MR) is 125 cm³/mol. The quantitative estimate of drug-likeness (QED) is 0.457. The first-order valence-corrected chi connectivity index (χ1v) is 11.0. The molecule has 1 saturated heterocycles. The summed E-state index contributed by atoms with van der Waals surface area (Å²) in [5.74, 6) is -0.157. The lowest BCUT2D eigenvalue weighted by atomic mass is 10.1. The second-order valence-corrected chi connectivity index (χ2v) is 8.35. The van der Waals surface area contributed by atoms with Crippen LogP contribution in [0.3, 0.4) is 0 Å². The van der Waals surface area contributed by atoms with Crippen LogP contribution in [0.1, 0.15) is 11.1 Å². The highest BCUT2D eigenvalue weighted by molar-refractivity contribution is 9.10. The van der Waals surface area contributed by atoms with Crippen molar-refractivity contribution in [2.24, 2.45) is 0 Å². The lowest BCUT2D eigenvalue weighted by molar-refractivity contribution is -0.137. The first kappa shape index (κ1) is 23.8. The molecule has 0 saturated carbocycles. The average molecular weight is 519 g/mol. The molecule has 1 aliphatic rings. The van der Waals surface area contributed by atoms with E-state index in [0.29, 0.717) is 52.8 Å². The van der Waals surface area contributed by atoms with E-state index >= 15 is 0 Å². The van der Waals surface area contributed by atoms with Crippen LogP contribution in [-0.2, 0) is 14.3 Å². The van der Waals surface area contributed by atoms with Gasteiger partial charge < -0.3 is 19.7 Å². The highest BCUT2D eigenvalue weighted by Gasteiger charge is 2.18. The van der Waals surface area contributed by atoms with Gasteiger partial charge >= 0.3 is 0 Å². The fourth-order valence-corrected chi connectivity index (χ4v) is 3.68. The van der Waals surface area contributed by atoms with E-state index in [1.54, 1.807) is 41.3 Å². The molecule has 2 aromatic rings. The molecule has 2 aromatic carbocycles. The maximum Gasteiger partial charge on any atom is 0.266 e. The summed E-state index contributed by atoms with van der Waals surface area (Å²) in [7, 11) is 0. The van der Waals surface area contributed by atoms with Gasteiger partial charge in [-0.15, -0.1) is 0 Å². The molecule has 2 amide bonds. The average Bonchev–Trinajstić information content (AvgIpc) is 2.79. The predicted octanol–water partition coefficient (Wildman–Crippen LogP) is 4.19. The molecule has 1 fully saturated rings. The molecule has 0 atom stereocenters. The number of nitriles is 1. The molecule has 1 heterocycles. The van der Waals surface area contributed by atoms with Crippen molar-refractivity contribution in [1.29, 1.82) is 5.26 Å². The number of hydrogen-bond donors (Lipinski definition) is 1. The van der Waals surface area contributed by atoms with Crippen LogP contribution in [-0.4, -0.2) is 49.6 Å². The number of halogens is 2. The van der Waals surface area contributed by atoms with E-state index in [4.69, 9.17) is 21.1 Å². The van der Waals surface area contributed by atoms with Crippen LogP contribution in [0.15, 0.2) is 46.4 Å². The monoisotopic (exact) mass is 517 g/mol. The van der Waals surface area contributed by atoms with E-state index in [-0.39, 0.29) is 18.1 Å². The van der Waals surface area contributed by atoms with Crippen molar-refractivity contribution in [2.75, 3.05) is 38.2 Å². The van der Waals surface area contributed by atoms with Crippen molar-refractivity contribution >= 4 is 51.1 Å². The topological polar surface area (TPSA) is 91.7 Å². The summed E-state index contributed by atoms with van der Waals surface area (Å²) >= 11 is 9.40. The van der Waals surface area contributed by atoms with Gasteiger partial charge in [0.05, 0.1) is 17.7 Å². The minimum Gasteiger partial charge on any atom is -0.483 e. The van der Waals surface area contributed by atoms with Gasteiger partial charge in [0.2, 0.25) is 0 Å². The lowest BCUT2D eigenvalue weighted by Crippen LogP contribution is -2.43. The smallest absolute Gasteiger partial charge is 0.266 e. The fraction of sp³-hybridized carbons (Fsp3) is 0.261. The molecule has 0 aromatic heterocycles. The third-order valence-electron chi connectivity index (χ3n) is 4.79. The molecule has 0 aliphatic carbocycles. The maximum atomic E-state index is 12.6. The summed E-state index contributed by atoms with van der Waals surface area (Å²) in [6.45, 7) is 3.92. The summed E-state index contributed by atoms with van der Waals surface area (Å²) in [6, 6.07) is 12.2. The number of nitrogens with one attached hydrogen (secondary N) is 1. The van der Waals surface area contributed by atoms with Gasteiger partial charge in [0.1, 0.15) is 17.4 Å². The number of amides is 2. The molecule has 1 aliphatic heterocycles. The minimum absolute atomic E-state index is 0.0626. The van der Waals surface area contributed by atoms with Crippen molar-refractivity contribution in [3.05, 3.63) is 62.6 Å². The number of benzene rings is 2. The van der Waals surface area contributed by atoms with Gasteiger partial charge in [-0.25, -0.2) is 0 Å². The van der Waals surface area contributed by atoms with E-state index in [9.17, 15) is 14.9 Å². The number of hydrogen-bond acceptors (Lipinski definition) is 5. The van der Waals surface area contributed by atoms with Gasteiger partial charge in [0.25, 0.3) is 11.8 Å². The molecule has 0 radical (unpaired) electrons. The molecule has 9 heteroatoms. The molecule has 7 nitrogen and oxygen atoms in total. The Morgan fingerprint density at radius 1 is 1.28 bits per heavy atom. The molecule has 0 unspecified atom stereocenters. The zero-order valence-electron chi connectivity index (χ0n) is 17.4. The molecule has 32 heavy (non-hydrogen) atoms. The van der Waals surface area contributed by atoms with Gasteiger partial charge in [0, 0.05) is 23.8 Å². The summed E-state index contributed by atoms with van der Waals surface area (Å²) in [5.41, 5.74) is 1.93.